The second-order valence-corrected chi connectivity index (χ2v) is 3.77. The molecule has 2 rings (SSSR count). The van der Waals surface area contributed by atoms with Gasteiger partial charge in [-0.05, 0) is 18.6 Å². The standard InChI is InChI=1S/C10H8BrNO2/c11-8-3-4-9-10(14-6-13-9)7(8)2-1-5-12/h3-4H,1-2,6H2. The quantitative estimate of drug-likeness (QED) is 0.814. The first kappa shape index (κ1) is 9.35. The summed E-state index contributed by atoms with van der Waals surface area (Å²) in [7, 11) is 0. The zero-order chi connectivity index (χ0) is 9.97. The summed E-state index contributed by atoms with van der Waals surface area (Å²) in [5.41, 5.74) is 1.02. The van der Waals surface area contributed by atoms with Crippen LogP contribution in [-0.4, -0.2) is 6.79 Å². The third-order valence-corrected chi connectivity index (χ3v) is 2.81. The van der Waals surface area contributed by atoms with Gasteiger partial charge in [-0.1, -0.05) is 15.9 Å². The lowest BCUT2D eigenvalue weighted by atomic mass is 10.1. The first-order valence-corrected chi connectivity index (χ1v) is 5.06. The highest BCUT2D eigenvalue weighted by Crippen LogP contribution is 2.39. The lowest BCUT2D eigenvalue weighted by molar-refractivity contribution is 0.173. The summed E-state index contributed by atoms with van der Waals surface area (Å²) in [6.45, 7) is 0.269. The van der Waals surface area contributed by atoms with Gasteiger partial charge in [-0.3, -0.25) is 0 Å². The number of hydrogen-bond donors (Lipinski definition) is 0. The molecule has 14 heavy (non-hydrogen) atoms. The van der Waals surface area contributed by atoms with Crippen LogP contribution in [0, 0.1) is 11.3 Å². The number of hydrogen-bond acceptors (Lipinski definition) is 3. The smallest absolute Gasteiger partial charge is 0.231 e. The maximum absolute atomic E-state index is 8.53. The molecule has 0 fully saturated rings. The maximum Gasteiger partial charge on any atom is 0.231 e. The second kappa shape index (κ2) is 3.89. The average Bonchev–Trinajstić information content (AvgIpc) is 2.64. The summed E-state index contributed by atoms with van der Waals surface area (Å²) in [6, 6.07) is 5.90. The zero-order valence-electron chi connectivity index (χ0n) is 7.42. The Morgan fingerprint density at radius 1 is 1.43 bits per heavy atom. The van der Waals surface area contributed by atoms with Crippen LogP contribution in [0.2, 0.25) is 0 Å². The van der Waals surface area contributed by atoms with Crippen LogP contribution in [0.25, 0.3) is 0 Å². The van der Waals surface area contributed by atoms with Crippen molar-refractivity contribution in [3.63, 3.8) is 0 Å². The van der Waals surface area contributed by atoms with Crippen molar-refractivity contribution in [1.29, 1.82) is 5.26 Å². The van der Waals surface area contributed by atoms with E-state index in [0.29, 0.717) is 12.8 Å². The van der Waals surface area contributed by atoms with E-state index in [0.717, 1.165) is 21.5 Å². The van der Waals surface area contributed by atoms with Crippen molar-refractivity contribution in [3.05, 3.63) is 22.2 Å². The van der Waals surface area contributed by atoms with E-state index >= 15 is 0 Å². The van der Waals surface area contributed by atoms with E-state index in [1.54, 1.807) is 0 Å². The first-order chi connectivity index (χ1) is 6.83. The van der Waals surface area contributed by atoms with Gasteiger partial charge in [0.25, 0.3) is 0 Å². The Kier molecular flexibility index (Phi) is 2.60. The molecule has 0 aliphatic carbocycles. The fourth-order valence-corrected chi connectivity index (χ4v) is 1.93. The van der Waals surface area contributed by atoms with Crippen LogP contribution in [0.15, 0.2) is 16.6 Å². The molecule has 1 aliphatic rings. The van der Waals surface area contributed by atoms with Crippen molar-refractivity contribution in [2.24, 2.45) is 0 Å². The Bertz CT molecular complexity index is 398. The van der Waals surface area contributed by atoms with E-state index in [4.69, 9.17) is 14.7 Å². The van der Waals surface area contributed by atoms with Crippen molar-refractivity contribution >= 4 is 15.9 Å². The van der Waals surface area contributed by atoms with Crippen LogP contribution < -0.4 is 9.47 Å². The minimum absolute atomic E-state index is 0.269. The molecule has 0 atom stereocenters. The Morgan fingerprint density at radius 3 is 3.07 bits per heavy atom. The first-order valence-electron chi connectivity index (χ1n) is 4.27. The molecule has 1 heterocycles. The maximum atomic E-state index is 8.53. The van der Waals surface area contributed by atoms with Crippen LogP contribution >= 0.6 is 15.9 Å². The fourth-order valence-electron chi connectivity index (χ4n) is 1.42. The molecule has 0 saturated carbocycles. The number of fused-ring (bicyclic) bond motifs is 1. The number of nitriles is 1. The molecule has 0 spiro atoms. The van der Waals surface area contributed by atoms with E-state index in [-0.39, 0.29) is 6.79 Å². The molecule has 4 heteroatoms. The van der Waals surface area contributed by atoms with Crippen molar-refractivity contribution in [3.8, 4) is 17.6 Å². The monoisotopic (exact) mass is 253 g/mol. The summed E-state index contributed by atoms with van der Waals surface area (Å²) in [6.07, 6.45) is 1.17. The van der Waals surface area contributed by atoms with Crippen LogP contribution in [0.1, 0.15) is 12.0 Å². The van der Waals surface area contributed by atoms with E-state index in [9.17, 15) is 0 Å². The SMILES string of the molecule is N#CCCc1c(Br)ccc2c1OCO2. The van der Waals surface area contributed by atoms with Crippen molar-refractivity contribution < 1.29 is 9.47 Å². The summed E-state index contributed by atoms with van der Waals surface area (Å²) in [5.74, 6) is 1.54. The average molecular weight is 254 g/mol. The number of benzene rings is 1. The van der Waals surface area contributed by atoms with Gasteiger partial charge in [-0.15, -0.1) is 0 Å². The highest BCUT2D eigenvalue weighted by Gasteiger charge is 2.19. The van der Waals surface area contributed by atoms with E-state index in [1.807, 2.05) is 12.1 Å². The third kappa shape index (κ3) is 1.55. The van der Waals surface area contributed by atoms with Gasteiger partial charge in [-0.25, -0.2) is 0 Å². The molecule has 0 unspecified atom stereocenters. The van der Waals surface area contributed by atoms with Gasteiger partial charge in [0.05, 0.1) is 6.07 Å². The molecule has 0 aromatic heterocycles. The van der Waals surface area contributed by atoms with Gasteiger partial charge >= 0.3 is 0 Å². The zero-order valence-corrected chi connectivity index (χ0v) is 9.00. The number of rotatable bonds is 2. The van der Waals surface area contributed by atoms with Gasteiger partial charge < -0.3 is 9.47 Å². The largest absolute Gasteiger partial charge is 0.454 e. The highest BCUT2D eigenvalue weighted by molar-refractivity contribution is 9.10. The summed E-state index contributed by atoms with van der Waals surface area (Å²) < 4.78 is 11.6. The molecule has 0 amide bonds. The topological polar surface area (TPSA) is 42.2 Å². The van der Waals surface area contributed by atoms with Gasteiger partial charge in [0.1, 0.15) is 0 Å². The van der Waals surface area contributed by atoms with Crippen molar-refractivity contribution in [1.82, 2.24) is 0 Å². The summed E-state index contributed by atoms with van der Waals surface area (Å²) in [5, 5.41) is 8.53. The van der Waals surface area contributed by atoms with Crippen LogP contribution in [0.3, 0.4) is 0 Å². The molecule has 0 N–H and O–H groups in total. The van der Waals surface area contributed by atoms with E-state index in [2.05, 4.69) is 22.0 Å². The van der Waals surface area contributed by atoms with E-state index < -0.39 is 0 Å². The molecular weight excluding hydrogens is 246 g/mol. The van der Waals surface area contributed by atoms with E-state index in [1.165, 1.54) is 0 Å². The Labute approximate surface area is 90.4 Å². The summed E-state index contributed by atoms with van der Waals surface area (Å²) >= 11 is 3.44. The lowest BCUT2D eigenvalue weighted by Crippen LogP contribution is -1.95. The fraction of sp³-hybridized carbons (Fsp3) is 0.300. The molecule has 0 saturated heterocycles. The molecule has 0 radical (unpaired) electrons. The number of nitrogens with zero attached hydrogens (tertiary/aromatic N) is 1. The lowest BCUT2D eigenvalue weighted by Gasteiger charge is -2.05. The van der Waals surface area contributed by atoms with Crippen molar-refractivity contribution in [2.75, 3.05) is 6.79 Å². The van der Waals surface area contributed by atoms with Gasteiger partial charge in [0.2, 0.25) is 6.79 Å². The highest BCUT2D eigenvalue weighted by atomic mass is 79.9. The third-order valence-electron chi connectivity index (χ3n) is 2.07. The number of ether oxygens (including phenoxy) is 2. The van der Waals surface area contributed by atoms with Gasteiger partial charge in [0, 0.05) is 16.5 Å². The van der Waals surface area contributed by atoms with Crippen LogP contribution in [0.4, 0.5) is 0 Å². The van der Waals surface area contributed by atoms with Crippen LogP contribution in [-0.2, 0) is 6.42 Å². The molecule has 3 nitrogen and oxygen atoms in total. The predicted octanol–water partition coefficient (Wildman–Crippen LogP) is 2.63. The molecule has 1 aliphatic heterocycles. The Balaban J connectivity index is 2.37. The molecule has 0 bridgehead atoms. The number of halogens is 1. The molecular formula is C10H8BrNO2. The predicted molar refractivity (Wildman–Crippen MR) is 54.2 cm³/mol. The summed E-state index contributed by atoms with van der Waals surface area (Å²) in [4.78, 5) is 0. The minimum atomic E-state index is 0.269. The Hall–Kier alpha value is -1.21. The minimum Gasteiger partial charge on any atom is -0.454 e. The van der Waals surface area contributed by atoms with Gasteiger partial charge in [-0.2, -0.15) is 5.26 Å². The molecule has 72 valence electrons. The second-order valence-electron chi connectivity index (χ2n) is 2.92. The normalized spacial score (nSPS) is 12.6. The van der Waals surface area contributed by atoms with Crippen LogP contribution in [0.5, 0.6) is 11.5 Å². The van der Waals surface area contributed by atoms with Gasteiger partial charge in [0.15, 0.2) is 11.5 Å². The Morgan fingerprint density at radius 2 is 2.29 bits per heavy atom. The molecule has 1 aromatic rings. The van der Waals surface area contributed by atoms with Crippen molar-refractivity contribution in [2.45, 2.75) is 12.8 Å². The molecule has 1 aromatic carbocycles.